The van der Waals surface area contributed by atoms with Crippen molar-refractivity contribution in [3.8, 4) is 18.2 Å². The lowest BCUT2D eigenvalue weighted by Gasteiger charge is -2.05. The highest BCUT2D eigenvalue weighted by Crippen LogP contribution is 2.42. The molecule has 0 saturated heterocycles. The number of nitrogens with zero attached hydrogens (tertiary/aromatic N) is 6. The lowest BCUT2D eigenvalue weighted by atomic mass is 10.0. The summed E-state index contributed by atoms with van der Waals surface area (Å²) in [6, 6.07) is 14.8. The first-order chi connectivity index (χ1) is 24.1. The fourth-order valence-electron chi connectivity index (χ4n) is 6.40. The van der Waals surface area contributed by atoms with E-state index in [0.29, 0.717) is 21.0 Å². The molecular formula is C38H14N6O4S2. The fourth-order valence-corrected chi connectivity index (χ4v) is 8.61. The number of carbonyl (C=O) groups excluding carboxylic acids is 4. The van der Waals surface area contributed by atoms with Crippen LogP contribution in [0.25, 0.3) is 48.2 Å². The Balaban J connectivity index is 1.22. The van der Waals surface area contributed by atoms with Gasteiger partial charge in [-0.15, -0.1) is 22.7 Å². The van der Waals surface area contributed by atoms with E-state index in [-0.39, 0.29) is 55.8 Å². The van der Waals surface area contributed by atoms with Crippen LogP contribution < -0.4 is 0 Å². The van der Waals surface area contributed by atoms with Crippen LogP contribution in [0.2, 0.25) is 0 Å². The summed E-state index contributed by atoms with van der Waals surface area (Å²) in [6.45, 7) is 11.1. The van der Waals surface area contributed by atoms with Crippen molar-refractivity contribution in [1.82, 2.24) is 9.97 Å². The Bertz CT molecular complexity index is 2660. The van der Waals surface area contributed by atoms with Gasteiger partial charge in [-0.05, 0) is 73.5 Å². The molecule has 0 amide bonds. The highest BCUT2D eigenvalue weighted by atomic mass is 32.1. The molecule has 0 atom stereocenters. The van der Waals surface area contributed by atoms with Gasteiger partial charge < -0.3 is 0 Å². The minimum atomic E-state index is -0.532. The zero-order valence-electron chi connectivity index (χ0n) is 25.8. The van der Waals surface area contributed by atoms with E-state index in [9.17, 15) is 35.0 Å². The first-order valence-corrected chi connectivity index (χ1v) is 16.4. The van der Waals surface area contributed by atoms with Crippen LogP contribution in [0.15, 0.2) is 47.5 Å². The van der Waals surface area contributed by atoms with Crippen LogP contribution >= 0.6 is 22.7 Å². The monoisotopic (exact) mass is 682 g/mol. The number of hydrogen-bond donors (Lipinski definition) is 0. The van der Waals surface area contributed by atoms with Gasteiger partial charge in [-0.2, -0.15) is 15.8 Å². The molecule has 12 heteroatoms. The summed E-state index contributed by atoms with van der Waals surface area (Å²) in [5.41, 5.74) is 3.34. The molecule has 0 N–H and O–H groups in total. The van der Waals surface area contributed by atoms with Gasteiger partial charge in [-0.3, -0.25) is 19.2 Å². The zero-order chi connectivity index (χ0) is 35.2. The first-order valence-electron chi connectivity index (χ1n) is 14.8. The van der Waals surface area contributed by atoms with Crippen LogP contribution in [0.4, 0.5) is 5.69 Å². The molecule has 0 unspecified atom stereocenters. The number of benzene rings is 4. The van der Waals surface area contributed by atoms with Crippen LogP contribution in [-0.2, 0) is 0 Å². The summed E-state index contributed by atoms with van der Waals surface area (Å²) in [5, 5.41) is 30.8. The molecule has 0 fully saturated rings. The summed E-state index contributed by atoms with van der Waals surface area (Å²) < 4.78 is 1.67. The highest BCUT2D eigenvalue weighted by Gasteiger charge is 2.36. The molecule has 2 heterocycles. The standard InChI is InChI=1S/C38H14N6O4S2/c1-15-4-25-24(37-31(15)43-29(49-37)10-26-33(45)20-6-17(12-39)18(13-40)7-21(20)34(26)46)5-16(2)32-38(25)50-30(44-32)11-27-35(47)22-8-19(14-41)28(42-3)9-23(22)36(27)48/h4-11H,1-2H3/b27-11+. The van der Waals surface area contributed by atoms with Gasteiger partial charge in [0.2, 0.25) is 5.69 Å². The Hall–Kier alpha value is -6.96. The summed E-state index contributed by atoms with van der Waals surface area (Å²) in [7, 11) is 0. The number of thiazole rings is 2. The van der Waals surface area contributed by atoms with E-state index in [1.165, 1.54) is 59.1 Å². The van der Waals surface area contributed by atoms with Crippen molar-refractivity contribution in [2.45, 2.75) is 13.8 Å². The van der Waals surface area contributed by atoms with E-state index in [4.69, 9.17) is 16.5 Å². The predicted molar refractivity (Wildman–Crippen MR) is 186 cm³/mol. The number of ketones is 4. The van der Waals surface area contributed by atoms with E-state index in [2.05, 4.69) is 4.85 Å². The van der Waals surface area contributed by atoms with E-state index in [0.717, 1.165) is 31.3 Å². The minimum Gasteiger partial charge on any atom is -0.288 e. The van der Waals surface area contributed by atoms with Crippen LogP contribution in [0.1, 0.15) is 79.3 Å². The van der Waals surface area contributed by atoms with Crippen LogP contribution in [-0.4, -0.2) is 33.1 Å². The number of aromatic nitrogens is 2. The number of nitriles is 3. The summed E-state index contributed by atoms with van der Waals surface area (Å²) >= 11 is 2.64. The van der Waals surface area contributed by atoms with Crippen molar-refractivity contribution >= 4 is 94.9 Å². The molecule has 0 radical (unpaired) electrons. The van der Waals surface area contributed by atoms with E-state index >= 15 is 0 Å². The lowest BCUT2D eigenvalue weighted by Crippen LogP contribution is -2.00. The SMILES string of the molecule is [C-]#[N+]c1cc2c(cc1C#N)C(=O)/C(=C\c1nc3c(C)cc4c(cc(C)c5nc(C=C6C(=O)c7cc(C#N)c(C#N)cc7C6=O)sc54)c3s1)C2=O. The Labute approximate surface area is 289 Å². The molecule has 0 saturated carbocycles. The summed E-state index contributed by atoms with van der Waals surface area (Å²) in [6.07, 6.45) is 2.91. The van der Waals surface area contributed by atoms with Gasteiger partial charge >= 0.3 is 0 Å². The van der Waals surface area contributed by atoms with Gasteiger partial charge in [-0.25, -0.2) is 14.8 Å². The molecule has 2 aromatic heterocycles. The lowest BCUT2D eigenvalue weighted by molar-refractivity contribution is 0.0975. The van der Waals surface area contributed by atoms with Crippen LogP contribution in [0.5, 0.6) is 0 Å². The third-order valence-electron chi connectivity index (χ3n) is 8.80. The van der Waals surface area contributed by atoms with Crippen molar-refractivity contribution in [3.63, 3.8) is 0 Å². The largest absolute Gasteiger partial charge is 0.288 e. The minimum absolute atomic E-state index is 0.00903. The van der Waals surface area contributed by atoms with Crippen LogP contribution in [0, 0.1) is 54.4 Å². The molecule has 0 aliphatic heterocycles. The molecule has 0 spiro atoms. The normalized spacial score (nSPS) is 14.3. The number of hydrogen-bond acceptors (Lipinski definition) is 11. The Morgan fingerprint density at radius 1 is 0.620 bits per heavy atom. The van der Waals surface area contributed by atoms with Gasteiger partial charge in [0.05, 0.1) is 60.9 Å². The van der Waals surface area contributed by atoms with E-state index < -0.39 is 23.1 Å². The maximum Gasteiger partial charge on any atom is 0.205 e. The molecule has 232 valence electrons. The van der Waals surface area contributed by atoms with Crippen molar-refractivity contribution in [3.05, 3.63) is 119 Å². The van der Waals surface area contributed by atoms with Gasteiger partial charge in [0.25, 0.3) is 0 Å². The molecule has 4 aromatic carbocycles. The topological polar surface area (TPSA) is 170 Å². The number of carbonyl (C=O) groups is 4. The quantitative estimate of drug-likeness (QED) is 0.101. The molecule has 2 aliphatic rings. The highest BCUT2D eigenvalue weighted by molar-refractivity contribution is 7.21. The summed E-state index contributed by atoms with van der Waals surface area (Å²) in [4.78, 5) is 65.9. The Kier molecular flexibility index (Phi) is 6.55. The predicted octanol–water partition coefficient (Wildman–Crippen LogP) is 7.77. The van der Waals surface area contributed by atoms with Crippen molar-refractivity contribution in [2.24, 2.45) is 0 Å². The molecule has 8 rings (SSSR count). The molecular weight excluding hydrogens is 669 g/mol. The number of rotatable bonds is 2. The Morgan fingerprint density at radius 3 is 1.38 bits per heavy atom. The smallest absolute Gasteiger partial charge is 0.205 e. The first kappa shape index (κ1) is 30.4. The second-order valence-corrected chi connectivity index (χ2v) is 13.7. The summed E-state index contributed by atoms with van der Waals surface area (Å²) in [5.74, 6) is -2.12. The van der Waals surface area contributed by atoms with Gasteiger partial charge in [0, 0.05) is 33.0 Å². The average molecular weight is 683 g/mol. The Morgan fingerprint density at radius 2 is 1.00 bits per heavy atom. The number of allylic oxidation sites excluding steroid dienone is 2. The maximum absolute atomic E-state index is 13.3. The maximum atomic E-state index is 13.3. The number of fused-ring (bicyclic) bond motifs is 7. The van der Waals surface area contributed by atoms with E-state index in [1.54, 1.807) is 0 Å². The van der Waals surface area contributed by atoms with Gasteiger partial charge in [-0.1, -0.05) is 0 Å². The second-order valence-electron chi connectivity index (χ2n) is 11.7. The van der Waals surface area contributed by atoms with Crippen molar-refractivity contribution < 1.29 is 19.2 Å². The molecule has 50 heavy (non-hydrogen) atoms. The van der Waals surface area contributed by atoms with Crippen LogP contribution in [0.3, 0.4) is 0 Å². The molecule has 0 bridgehead atoms. The third-order valence-corrected chi connectivity index (χ3v) is 10.9. The van der Waals surface area contributed by atoms with Gasteiger partial charge in [0.15, 0.2) is 23.1 Å². The molecule has 10 nitrogen and oxygen atoms in total. The van der Waals surface area contributed by atoms with E-state index in [1.807, 2.05) is 44.2 Å². The number of Topliss-reactive ketones (excluding diaryl/α,β-unsaturated/α-hetero) is 4. The molecule has 2 aliphatic carbocycles. The number of aryl methyl sites for hydroxylation is 2. The van der Waals surface area contributed by atoms with Gasteiger partial charge in [0.1, 0.15) is 22.2 Å². The zero-order valence-corrected chi connectivity index (χ0v) is 27.4. The second kappa shape index (κ2) is 10.8. The third kappa shape index (κ3) is 4.21. The average Bonchev–Trinajstić information content (AvgIpc) is 3.86. The molecule has 6 aromatic rings. The van der Waals surface area contributed by atoms with Crippen molar-refractivity contribution in [2.75, 3.05) is 0 Å². The van der Waals surface area contributed by atoms with Crippen molar-refractivity contribution in [1.29, 1.82) is 15.8 Å². The fraction of sp³-hybridized carbons (Fsp3) is 0.0526.